The van der Waals surface area contributed by atoms with Crippen molar-refractivity contribution in [2.75, 3.05) is 6.61 Å². The molecule has 0 aliphatic rings. The molecule has 0 bridgehead atoms. The molecule has 0 saturated carbocycles. The minimum absolute atomic E-state index is 0.0721. The number of carbonyl (C=O) groups excluding carboxylic acids is 2. The smallest absolute Gasteiger partial charge is 0.306 e. The molecule has 0 N–H and O–H groups in total. The third kappa shape index (κ3) is 17.2. The minimum atomic E-state index is -0.238. The maximum absolute atomic E-state index is 11.3. The van der Waals surface area contributed by atoms with Gasteiger partial charge in [-0.1, -0.05) is 84.0 Å². The van der Waals surface area contributed by atoms with E-state index in [9.17, 15) is 9.59 Å². The van der Waals surface area contributed by atoms with Crippen LogP contribution in [0.3, 0.4) is 0 Å². The lowest BCUT2D eigenvalue weighted by atomic mass is 10.0. The summed E-state index contributed by atoms with van der Waals surface area (Å²) >= 11 is 0. The fourth-order valence-corrected chi connectivity index (χ4v) is 2.54. The number of hydrogen-bond acceptors (Lipinski definition) is 3. The van der Waals surface area contributed by atoms with E-state index in [1.165, 1.54) is 77.6 Å². The van der Waals surface area contributed by atoms with Crippen LogP contribution in [0.2, 0.25) is 0 Å². The zero-order valence-corrected chi connectivity index (χ0v) is 14.8. The van der Waals surface area contributed by atoms with Crippen LogP contribution in [0.1, 0.15) is 104 Å². The number of rotatable bonds is 16. The quantitative estimate of drug-likeness (QED) is 0.275. The fraction of sp³-hybridized carbons (Fsp3) is 0.895. The average Bonchev–Trinajstić information content (AvgIpc) is 2.49. The lowest BCUT2D eigenvalue weighted by molar-refractivity contribution is -0.147. The molecule has 22 heavy (non-hydrogen) atoms. The zero-order valence-electron chi connectivity index (χ0n) is 14.8. The summed E-state index contributed by atoms with van der Waals surface area (Å²) in [7, 11) is 0. The molecule has 0 radical (unpaired) electrons. The highest BCUT2D eigenvalue weighted by molar-refractivity contribution is 5.80. The summed E-state index contributed by atoms with van der Waals surface area (Å²) in [5.74, 6) is -0.336. The monoisotopic (exact) mass is 312 g/mol. The van der Waals surface area contributed by atoms with Crippen LogP contribution in [0, 0.1) is 0 Å². The molecule has 3 heteroatoms. The molecule has 0 fully saturated rings. The van der Waals surface area contributed by atoms with Gasteiger partial charge in [-0.25, -0.2) is 0 Å². The van der Waals surface area contributed by atoms with Gasteiger partial charge >= 0.3 is 5.97 Å². The normalized spacial score (nSPS) is 10.6. The summed E-state index contributed by atoms with van der Waals surface area (Å²) in [4.78, 5) is 21.9. The molecule has 0 aromatic heterocycles. The van der Waals surface area contributed by atoms with E-state index in [2.05, 4.69) is 6.92 Å². The van der Waals surface area contributed by atoms with E-state index in [1.54, 1.807) is 0 Å². The number of ether oxygens (including phenoxy) is 1. The van der Waals surface area contributed by atoms with Crippen molar-refractivity contribution in [3.8, 4) is 0 Å². The second kappa shape index (κ2) is 16.5. The molecule has 0 aromatic carbocycles. The van der Waals surface area contributed by atoms with Crippen LogP contribution < -0.4 is 0 Å². The molecular weight excluding hydrogens is 276 g/mol. The lowest BCUT2D eigenvalue weighted by Gasteiger charge is -2.04. The first-order chi connectivity index (χ1) is 10.7. The molecule has 0 spiro atoms. The van der Waals surface area contributed by atoms with Gasteiger partial charge in [0, 0.05) is 6.42 Å². The highest BCUT2D eigenvalue weighted by atomic mass is 16.5. The maximum atomic E-state index is 11.3. The molecule has 0 aliphatic carbocycles. The summed E-state index contributed by atoms with van der Waals surface area (Å²) < 4.78 is 4.82. The number of hydrogen-bond donors (Lipinski definition) is 0. The van der Waals surface area contributed by atoms with Gasteiger partial charge in [0.15, 0.2) is 5.78 Å². The van der Waals surface area contributed by atoms with Crippen molar-refractivity contribution in [3.05, 3.63) is 0 Å². The van der Waals surface area contributed by atoms with Crippen LogP contribution in [-0.2, 0) is 14.3 Å². The Balaban J connectivity index is 3.11. The summed E-state index contributed by atoms with van der Waals surface area (Å²) in [5.41, 5.74) is 0. The lowest BCUT2D eigenvalue weighted by Crippen LogP contribution is -2.10. The Labute approximate surface area is 137 Å². The molecule has 0 amide bonds. The van der Waals surface area contributed by atoms with Crippen LogP contribution in [0.4, 0.5) is 0 Å². The van der Waals surface area contributed by atoms with Crippen molar-refractivity contribution < 1.29 is 14.3 Å². The summed E-state index contributed by atoms with van der Waals surface area (Å²) in [6.07, 6.45) is 17.3. The largest absolute Gasteiger partial charge is 0.458 e. The second-order valence-electron chi connectivity index (χ2n) is 6.36. The van der Waals surface area contributed by atoms with Crippen LogP contribution in [-0.4, -0.2) is 18.4 Å². The van der Waals surface area contributed by atoms with Crippen molar-refractivity contribution in [2.45, 2.75) is 104 Å². The van der Waals surface area contributed by atoms with Gasteiger partial charge in [0.05, 0.1) is 0 Å². The van der Waals surface area contributed by atoms with Gasteiger partial charge < -0.3 is 4.74 Å². The molecule has 0 saturated heterocycles. The summed E-state index contributed by atoms with van der Waals surface area (Å²) in [6, 6.07) is 0. The molecule has 3 nitrogen and oxygen atoms in total. The number of esters is 1. The van der Waals surface area contributed by atoms with Crippen molar-refractivity contribution in [3.63, 3.8) is 0 Å². The Morgan fingerprint density at radius 1 is 0.682 bits per heavy atom. The molecular formula is C19H36O3. The van der Waals surface area contributed by atoms with Gasteiger partial charge in [-0.15, -0.1) is 0 Å². The van der Waals surface area contributed by atoms with Crippen LogP contribution in [0.15, 0.2) is 0 Å². The Morgan fingerprint density at radius 3 is 1.50 bits per heavy atom. The Kier molecular flexibility index (Phi) is 15.9. The van der Waals surface area contributed by atoms with Gasteiger partial charge in [-0.3, -0.25) is 9.59 Å². The number of carbonyl (C=O) groups is 2. The zero-order chi connectivity index (χ0) is 16.5. The molecule has 0 aromatic rings. The van der Waals surface area contributed by atoms with E-state index in [1.807, 2.05) is 0 Å². The Bertz CT molecular complexity index is 274. The van der Waals surface area contributed by atoms with Crippen LogP contribution in [0.5, 0.6) is 0 Å². The number of ketones is 1. The fourth-order valence-electron chi connectivity index (χ4n) is 2.54. The first kappa shape index (κ1) is 21.1. The van der Waals surface area contributed by atoms with Gasteiger partial charge in [0.1, 0.15) is 6.61 Å². The first-order valence-corrected chi connectivity index (χ1v) is 9.32. The van der Waals surface area contributed by atoms with E-state index in [0.29, 0.717) is 6.42 Å². The Morgan fingerprint density at radius 2 is 1.09 bits per heavy atom. The highest BCUT2D eigenvalue weighted by Gasteiger charge is 2.03. The van der Waals surface area contributed by atoms with Gasteiger partial charge in [0.25, 0.3) is 0 Å². The predicted octanol–water partition coefficient (Wildman–Crippen LogP) is 5.60. The summed E-state index contributed by atoms with van der Waals surface area (Å²) in [6.45, 7) is 3.62. The van der Waals surface area contributed by atoms with E-state index >= 15 is 0 Å². The van der Waals surface area contributed by atoms with Crippen molar-refractivity contribution in [1.82, 2.24) is 0 Å². The highest BCUT2D eigenvalue weighted by Crippen LogP contribution is 2.13. The number of unbranched alkanes of at least 4 members (excludes halogenated alkanes) is 12. The van der Waals surface area contributed by atoms with E-state index in [4.69, 9.17) is 4.74 Å². The van der Waals surface area contributed by atoms with Gasteiger partial charge in [0.2, 0.25) is 0 Å². The standard InChI is InChI=1S/C19H36O3/c1-3-4-5-6-7-8-9-10-11-12-13-14-15-16-19(21)22-17-18(2)20/h3-17H2,1-2H3. The van der Waals surface area contributed by atoms with Gasteiger partial charge in [-0.2, -0.15) is 0 Å². The van der Waals surface area contributed by atoms with E-state index in [-0.39, 0.29) is 18.4 Å². The maximum Gasteiger partial charge on any atom is 0.306 e. The van der Waals surface area contributed by atoms with Gasteiger partial charge in [-0.05, 0) is 13.3 Å². The third-order valence-electron chi connectivity index (χ3n) is 3.92. The van der Waals surface area contributed by atoms with E-state index < -0.39 is 0 Å². The topological polar surface area (TPSA) is 43.4 Å². The second-order valence-corrected chi connectivity index (χ2v) is 6.36. The molecule has 0 atom stereocenters. The molecule has 0 unspecified atom stereocenters. The summed E-state index contributed by atoms with van der Waals surface area (Å²) in [5, 5.41) is 0. The Hall–Kier alpha value is -0.860. The third-order valence-corrected chi connectivity index (χ3v) is 3.92. The molecule has 0 heterocycles. The average molecular weight is 312 g/mol. The molecule has 0 aliphatic heterocycles. The van der Waals surface area contributed by atoms with Crippen LogP contribution in [0.25, 0.3) is 0 Å². The number of Topliss-reactive ketones (excluding diaryl/α,β-unsaturated/α-hetero) is 1. The van der Waals surface area contributed by atoms with E-state index in [0.717, 1.165) is 12.8 Å². The van der Waals surface area contributed by atoms with Crippen molar-refractivity contribution in [2.24, 2.45) is 0 Å². The van der Waals surface area contributed by atoms with Crippen LogP contribution >= 0.6 is 0 Å². The molecule has 130 valence electrons. The first-order valence-electron chi connectivity index (χ1n) is 9.32. The predicted molar refractivity (Wildman–Crippen MR) is 92.0 cm³/mol. The molecule has 0 rings (SSSR count). The van der Waals surface area contributed by atoms with Crippen molar-refractivity contribution in [1.29, 1.82) is 0 Å². The van der Waals surface area contributed by atoms with Crippen molar-refractivity contribution >= 4 is 11.8 Å². The minimum Gasteiger partial charge on any atom is -0.458 e. The SMILES string of the molecule is CCCCCCCCCCCCCCCC(=O)OCC(C)=O.